The third-order valence-electron chi connectivity index (χ3n) is 5.97. The fourth-order valence-corrected chi connectivity index (χ4v) is 5.05. The normalized spacial score (nSPS) is 49.7. The molecule has 98 valence electrons. The molecule has 0 radical (unpaired) electrons. The van der Waals surface area contributed by atoms with Crippen LogP contribution in [0.2, 0.25) is 0 Å². The number of carboxylic acids is 1. The first-order chi connectivity index (χ1) is 8.44. The molecule has 18 heavy (non-hydrogen) atoms. The van der Waals surface area contributed by atoms with Gasteiger partial charge in [0.2, 0.25) is 0 Å². The van der Waals surface area contributed by atoms with Gasteiger partial charge in [-0.05, 0) is 61.3 Å². The summed E-state index contributed by atoms with van der Waals surface area (Å²) in [5.41, 5.74) is 0.282. The second-order valence-corrected chi connectivity index (χ2v) is 6.78. The van der Waals surface area contributed by atoms with Crippen molar-refractivity contribution in [1.82, 2.24) is 0 Å². The van der Waals surface area contributed by atoms with Gasteiger partial charge in [0.25, 0.3) is 0 Å². The molecule has 0 aromatic heterocycles. The second-order valence-electron chi connectivity index (χ2n) is 6.78. The summed E-state index contributed by atoms with van der Waals surface area (Å²) in [7, 11) is 0. The lowest BCUT2D eigenvalue weighted by atomic mass is 9.67. The van der Waals surface area contributed by atoms with Crippen molar-refractivity contribution in [2.45, 2.75) is 39.5 Å². The first kappa shape index (κ1) is 11.9. The Bertz CT molecular complexity index is 453. The van der Waals surface area contributed by atoms with E-state index in [9.17, 15) is 14.7 Å². The Kier molecular flexibility index (Phi) is 2.30. The van der Waals surface area contributed by atoms with Gasteiger partial charge < -0.3 is 5.11 Å². The van der Waals surface area contributed by atoms with E-state index in [1.165, 1.54) is 6.42 Å². The maximum atomic E-state index is 11.5. The number of carbonyl (C=O) groups is 2. The molecule has 3 heteroatoms. The van der Waals surface area contributed by atoms with Crippen LogP contribution in [0.25, 0.3) is 0 Å². The minimum Gasteiger partial charge on any atom is -0.481 e. The Labute approximate surface area is 107 Å². The lowest BCUT2D eigenvalue weighted by Gasteiger charge is -2.36. The third kappa shape index (κ3) is 1.20. The van der Waals surface area contributed by atoms with E-state index in [4.69, 9.17) is 0 Å². The van der Waals surface area contributed by atoms with Crippen LogP contribution in [0, 0.1) is 28.6 Å². The van der Waals surface area contributed by atoms with Crippen LogP contribution in [0.1, 0.15) is 39.5 Å². The van der Waals surface area contributed by atoms with Gasteiger partial charge in [-0.25, -0.2) is 0 Å². The van der Waals surface area contributed by atoms with Gasteiger partial charge in [-0.15, -0.1) is 0 Å². The first-order valence-corrected chi connectivity index (χ1v) is 6.84. The fraction of sp³-hybridized carbons (Fsp3) is 0.733. The fourth-order valence-electron chi connectivity index (χ4n) is 5.05. The van der Waals surface area contributed by atoms with E-state index in [-0.39, 0.29) is 11.3 Å². The summed E-state index contributed by atoms with van der Waals surface area (Å²) in [5.74, 6) is 0.439. The lowest BCUT2D eigenvalue weighted by molar-refractivity contribution is -0.148. The molecule has 1 spiro atoms. The molecule has 3 aliphatic rings. The Morgan fingerprint density at radius 3 is 2.83 bits per heavy atom. The van der Waals surface area contributed by atoms with Crippen LogP contribution >= 0.6 is 0 Å². The molecule has 1 N–H and O–H groups in total. The lowest BCUT2D eigenvalue weighted by Crippen LogP contribution is -2.32. The van der Waals surface area contributed by atoms with Crippen molar-refractivity contribution in [2.75, 3.05) is 0 Å². The summed E-state index contributed by atoms with van der Waals surface area (Å²) < 4.78 is 0. The highest BCUT2D eigenvalue weighted by atomic mass is 16.4. The van der Waals surface area contributed by atoms with Crippen molar-refractivity contribution < 1.29 is 14.7 Å². The van der Waals surface area contributed by atoms with Crippen molar-refractivity contribution in [2.24, 2.45) is 28.6 Å². The number of aldehydes is 1. The van der Waals surface area contributed by atoms with Crippen LogP contribution in [0.3, 0.4) is 0 Å². The second kappa shape index (κ2) is 3.46. The molecule has 5 atom stereocenters. The van der Waals surface area contributed by atoms with Gasteiger partial charge >= 0.3 is 5.97 Å². The Hall–Kier alpha value is -1.12. The Balaban J connectivity index is 2.06. The highest BCUT2D eigenvalue weighted by molar-refractivity contribution is 5.79. The maximum absolute atomic E-state index is 11.5. The van der Waals surface area contributed by atoms with Crippen LogP contribution in [-0.2, 0) is 9.59 Å². The average Bonchev–Trinajstić information content (AvgIpc) is 2.87. The molecule has 0 unspecified atom stereocenters. The molecule has 0 aromatic carbocycles. The molecule has 0 bridgehead atoms. The first-order valence-electron chi connectivity index (χ1n) is 6.84. The third-order valence-corrected chi connectivity index (χ3v) is 5.97. The Morgan fingerprint density at radius 2 is 2.22 bits per heavy atom. The smallest absolute Gasteiger partial charge is 0.309 e. The van der Waals surface area contributed by atoms with E-state index in [1.54, 1.807) is 0 Å². The zero-order valence-corrected chi connectivity index (χ0v) is 11.0. The highest BCUT2D eigenvalue weighted by Gasteiger charge is 2.65. The average molecular weight is 248 g/mol. The number of carbonyl (C=O) groups excluding carboxylic acids is 1. The zero-order chi connectivity index (χ0) is 13.1. The molecule has 0 heterocycles. The number of carboxylic acid groups (broad SMARTS) is 1. The van der Waals surface area contributed by atoms with Gasteiger partial charge in [0.1, 0.15) is 6.29 Å². The van der Waals surface area contributed by atoms with Crippen molar-refractivity contribution in [3.8, 4) is 0 Å². The molecule has 0 amide bonds. The molecular weight excluding hydrogens is 228 g/mol. The number of allylic oxidation sites excluding steroid dienone is 2. The van der Waals surface area contributed by atoms with E-state index in [1.807, 2.05) is 6.92 Å². The predicted octanol–water partition coefficient (Wildman–Crippen LogP) is 2.66. The van der Waals surface area contributed by atoms with Gasteiger partial charge in [-0.3, -0.25) is 9.59 Å². The largest absolute Gasteiger partial charge is 0.481 e. The number of aliphatic carboxylic acids is 1. The van der Waals surface area contributed by atoms with Crippen molar-refractivity contribution in [3.63, 3.8) is 0 Å². The SMILES string of the molecule is C[C@H]1CC[C@H]2C=C(C=O)[C@H]3C[C@@](C)(C(=O)O)C[C@]231. The summed E-state index contributed by atoms with van der Waals surface area (Å²) in [5, 5.41) is 9.48. The number of hydrogen-bond acceptors (Lipinski definition) is 2. The van der Waals surface area contributed by atoms with Crippen molar-refractivity contribution in [1.29, 1.82) is 0 Å². The molecule has 3 nitrogen and oxygen atoms in total. The van der Waals surface area contributed by atoms with Crippen LogP contribution in [0.5, 0.6) is 0 Å². The molecule has 0 aliphatic heterocycles. The molecule has 3 rings (SSSR count). The van der Waals surface area contributed by atoms with Crippen LogP contribution in [0.4, 0.5) is 0 Å². The highest BCUT2D eigenvalue weighted by Crippen LogP contribution is 2.70. The molecular formula is C15H20O3. The van der Waals surface area contributed by atoms with E-state index in [0.717, 1.165) is 24.7 Å². The standard InChI is InChI=1S/C15H20O3/c1-9-3-4-11-5-10(7-16)12-6-14(2,13(17)18)8-15(9,11)12/h5,7,9,11-12H,3-4,6,8H2,1-2H3,(H,17,18)/t9-,11-,12+,14+,15-/m0/s1. The number of hydrogen-bond donors (Lipinski definition) is 1. The Morgan fingerprint density at radius 1 is 1.50 bits per heavy atom. The van der Waals surface area contributed by atoms with E-state index < -0.39 is 11.4 Å². The van der Waals surface area contributed by atoms with Crippen LogP contribution in [0.15, 0.2) is 11.6 Å². The van der Waals surface area contributed by atoms with Crippen LogP contribution < -0.4 is 0 Å². The monoisotopic (exact) mass is 248 g/mol. The minimum atomic E-state index is -0.700. The summed E-state index contributed by atoms with van der Waals surface area (Å²) in [6, 6.07) is 0. The number of rotatable bonds is 2. The molecule has 2 saturated carbocycles. The summed E-state index contributed by atoms with van der Waals surface area (Å²) in [6.07, 6.45) is 6.76. The molecule has 2 fully saturated rings. The predicted molar refractivity (Wildman–Crippen MR) is 66.9 cm³/mol. The van der Waals surface area contributed by atoms with E-state index in [0.29, 0.717) is 18.3 Å². The van der Waals surface area contributed by atoms with Gasteiger partial charge in [-0.1, -0.05) is 13.0 Å². The zero-order valence-electron chi connectivity index (χ0n) is 11.0. The summed E-state index contributed by atoms with van der Waals surface area (Å²) in [6.45, 7) is 4.09. The van der Waals surface area contributed by atoms with Crippen molar-refractivity contribution >= 4 is 12.3 Å². The van der Waals surface area contributed by atoms with Gasteiger partial charge in [-0.2, -0.15) is 0 Å². The van der Waals surface area contributed by atoms with E-state index in [2.05, 4.69) is 13.0 Å². The van der Waals surface area contributed by atoms with Gasteiger partial charge in [0, 0.05) is 0 Å². The molecule has 3 aliphatic carbocycles. The maximum Gasteiger partial charge on any atom is 0.309 e. The quantitative estimate of drug-likeness (QED) is 0.764. The van der Waals surface area contributed by atoms with Crippen LogP contribution in [-0.4, -0.2) is 17.4 Å². The molecule has 0 aromatic rings. The topological polar surface area (TPSA) is 54.4 Å². The van der Waals surface area contributed by atoms with Gasteiger partial charge in [0.05, 0.1) is 5.41 Å². The summed E-state index contributed by atoms with van der Waals surface area (Å²) in [4.78, 5) is 22.8. The summed E-state index contributed by atoms with van der Waals surface area (Å²) >= 11 is 0. The minimum absolute atomic E-state index is 0.0589. The molecule has 0 saturated heterocycles. The van der Waals surface area contributed by atoms with Gasteiger partial charge in [0.15, 0.2) is 0 Å². The van der Waals surface area contributed by atoms with E-state index >= 15 is 0 Å². The van der Waals surface area contributed by atoms with Crippen molar-refractivity contribution in [3.05, 3.63) is 11.6 Å².